The van der Waals surface area contributed by atoms with Gasteiger partial charge >= 0.3 is 5.97 Å². The van der Waals surface area contributed by atoms with Crippen molar-refractivity contribution in [3.8, 4) is 0 Å². The molecule has 0 aliphatic carbocycles. The molecule has 0 aromatic heterocycles. The van der Waals surface area contributed by atoms with Crippen LogP contribution in [0.1, 0.15) is 58.3 Å². The van der Waals surface area contributed by atoms with Gasteiger partial charge in [-0.1, -0.05) is 6.42 Å². The van der Waals surface area contributed by atoms with E-state index in [-0.39, 0.29) is 32.6 Å². The molecule has 0 rings (SSSR count). The summed E-state index contributed by atoms with van der Waals surface area (Å²) in [5.74, 6) is -17.9. The normalized spacial score (nSPS) is 14.0. The van der Waals surface area contributed by atoms with E-state index in [0.29, 0.717) is 0 Å². The molecule has 1 N–H and O–H groups in total. The summed E-state index contributed by atoms with van der Waals surface area (Å²) in [6.45, 7) is 0.130. The van der Waals surface area contributed by atoms with E-state index < -0.39 is 55.3 Å². The smallest absolute Gasteiger partial charge is 0.303 e. The van der Waals surface area contributed by atoms with Gasteiger partial charge in [0.05, 0.1) is 19.3 Å². The van der Waals surface area contributed by atoms with E-state index in [2.05, 4.69) is 0 Å². The van der Waals surface area contributed by atoms with Crippen LogP contribution >= 0.6 is 0 Å². The lowest BCUT2D eigenvalue weighted by Gasteiger charge is -2.28. The number of carboxylic acids is 1. The summed E-state index contributed by atoms with van der Waals surface area (Å²) in [5, 5.41) is 8.34. The van der Waals surface area contributed by atoms with E-state index in [0.717, 1.165) is 0 Å². The van der Waals surface area contributed by atoms with Crippen molar-refractivity contribution in [1.82, 2.24) is 0 Å². The Bertz CT molecular complexity index is 404. The number of halogens is 8. The maximum atomic E-state index is 13.4. The van der Waals surface area contributed by atoms with Crippen molar-refractivity contribution >= 4 is 5.97 Å². The molecule has 2 nitrogen and oxygen atoms in total. The summed E-state index contributed by atoms with van der Waals surface area (Å²) in [5.41, 5.74) is 0. The van der Waals surface area contributed by atoms with Crippen molar-refractivity contribution in [2.45, 2.75) is 82.0 Å². The van der Waals surface area contributed by atoms with E-state index >= 15 is 0 Å². The van der Waals surface area contributed by atoms with Gasteiger partial charge in [-0.2, -0.15) is 0 Å². The molecular weight excluding hydrogens is 352 g/mol. The minimum Gasteiger partial charge on any atom is -0.481 e. The zero-order valence-electron chi connectivity index (χ0n) is 13.0. The summed E-state index contributed by atoms with van der Waals surface area (Å²) < 4.78 is 105. The highest BCUT2D eigenvalue weighted by molar-refractivity contribution is 5.66. The van der Waals surface area contributed by atoms with Crippen molar-refractivity contribution < 1.29 is 45.0 Å². The number of carboxylic acid groups (broad SMARTS) is 1. The van der Waals surface area contributed by atoms with Gasteiger partial charge in [0.25, 0.3) is 23.7 Å². The van der Waals surface area contributed by atoms with Gasteiger partial charge in [0, 0.05) is 12.8 Å². The predicted octanol–water partition coefficient (Wildman–Crippen LogP) is 5.75. The fraction of sp³-hybridized carbons (Fsp3) is 0.929. The summed E-state index contributed by atoms with van der Waals surface area (Å²) in [6.07, 6.45) is -8.05. The third-order valence-corrected chi connectivity index (χ3v) is 3.04. The lowest BCUT2D eigenvalue weighted by molar-refractivity contribution is -0.177. The second kappa shape index (κ2) is 8.33. The van der Waals surface area contributed by atoms with Crippen LogP contribution in [-0.2, 0) is 4.79 Å². The Morgan fingerprint density at radius 1 is 0.750 bits per heavy atom. The molecule has 0 aliphatic heterocycles. The molecule has 0 saturated carbocycles. The molecule has 0 saturated heterocycles. The summed E-state index contributed by atoms with van der Waals surface area (Å²) in [7, 11) is 0. The molecule has 0 fully saturated rings. The molecule has 0 amide bonds. The molecule has 0 unspecified atom stereocenters. The summed E-state index contributed by atoms with van der Waals surface area (Å²) in [6, 6.07) is 0. The molecule has 144 valence electrons. The van der Waals surface area contributed by atoms with Gasteiger partial charge in [0.2, 0.25) is 0 Å². The Balaban J connectivity index is 4.46. The molecule has 0 aromatic carbocycles. The molecule has 0 bridgehead atoms. The second-order valence-corrected chi connectivity index (χ2v) is 6.12. The number of unbranched alkanes of at least 4 members (excludes halogenated alkanes) is 2. The van der Waals surface area contributed by atoms with E-state index in [4.69, 9.17) is 5.11 Å². The molecule has 0 heterocycles. The lowest BCUT2D eigenvalue weighted by Crippen LogP contribution is -2.37. The Labute approximate surface area is 134 Å². The summed E-state index contributed by atoms with van der Waals surface area (Å²) in [4.78, 5) is 10.2. The van der Waals surface area contributed by atoms with Gasteiger partial charge in [-0.05, 0) is 19.8 Å². The second-order valence-electron chi connectivity index (χ2n) is 6.12. The molecule has 0 aliphatic rings. The van der Waals surface area contributed by atoms with Gasteiger partial charge in [-0.3, -0.25) is 4.79 Å². The van der Waals surface area contributed by atoms with Gasteiger partial charge in [-0.15, -0.1) is 0 Å². The average molecular weight is 372 g/mol. The van der Waals surface area contributed by atoms with Gasteiger partial charge in [0.15, 0.2) is 0 Å². The van der Waals surface area contributed by atoms with Crippen LogP contribution < -0.4 is 0 Å². The topological polar surface area (TPSA) is 37.3 Å². The molecular formula is C14H20F8O2. The molecule has 0 spiro atoms. The van der Waals surface area contributed by atoms with Crippen molar-refractivity contribution in [2.75, 3.05) is 0 Å². The fourth-order valence-corrected chi connectivity index (χ4v) is 2.26. The largest absolute Gasteiger partial charge is 0.481 e. The van der Waals surface area contributed by atoms with Crippen LogP contribution in [0.2, 0.25) is 0 Å². The van der Waals surface area contributed by atoms with Gasteiger partial charge < -0.3 is 5.11 Å². The zero-order valence-corrected chi connectivity index (χ0v) is 13.0. The first-order valence-corrected chi connectivity index (χ1v) is 7.27. The van der Waals surface area contributed by atoms with Crippen LogP contribution in [0.25, 0.3) is 0 Å². The first kappa shape index (κ1) is 22.9. The highest BCUT2D eigenvalue weighted by atomic mass is 19.3. The van der Waals surface area contributed by atoms with Gasteiger partial charge in [-0.25, -0.2) is 35.1 Å². The summed E-state index contributed by atoms with van der Waals surface area (Å²) >= 11 is 0. The molecule has 0 atom stereocenters. The van der Waals surface area contributed by atoms with Gasteiger partial charge in [0.1, 0.15) is 0 Å². The zero-order chi connectivity index (χ0) is 19.2. The number of carbonyl (C=O) groups is 1. The van der Waals surface area contributed by atoms with Crippen LogP contribution in [0.15, 0.2) is 0 Å². The highest BCUT2D eigenvalue weighted by Crippen LogP contribution is 2.43. The third kappa shape index (κ3) is 12.3. The Morgan fingerprint density at radius 3 is 1.67 bits per heavy atom. The van der Waals surface area contributed by atoms with Crippen molar-refractivity contribution in [3.63, 3.8) is 0 Å². The van der Waals surface area contributed by atoms with Crippen LogP contribution in [0.3, 0.4) is 0 Å². The number of aliphatic carboxylic acids is 1. The SMILES string of the molecule is CC(F)(F)CC(F)(F)CC(F)(F)CC(F)(F)CCCCCC(=O)O. The molecule has 0 aromatic rings. The van der Waals surface area contributed by atoms with Crippen molar-refractivity contribution in [1.29, 1.82) is 0 Å². The van der Waals surface area contributed by atoms with E-state index in [1.807, 2.05) is 0 Å². The number of hydrogen-bond acceptors (Lipinski definition) is 1. The molecule has 24 heavy (non-hydrogen) atoms. The first-order chi connectivity index (χ1) is 10.5. The fourth-order valence-electron chi connectivity index (χ4n) is 2.26. The van der Waals surface area contributed by atoms with E-state index in [9.17, 15) is 39.9 Å². The Hall–Kier alpha value is -1.09. The molecule has 10 heteroatoms. The third-order valence-electron chi connectivity index (χ3n) is 3.04. The quantitative estimate of drug-likeness (QED) is 0.350. The number of hydrogen-bond donors (Lipinski definition) is 1. The number of alkyl halides is 8. The van der Waals surface area contributed by atoms with Crippen LogP contribution in [0, 0.1) is 0 Å². The predicted molar refractivity (Wildman–Crippen MR) is 70.0 cm³/mol. The highest BCUT2D eigenvalue weighted by Gasteiger charge is 2.51. The van der Waals surface area contributed by atoms with Crippen LogP contribution in [0.4, 0.5) is 35.1 Å². The maximum absolute atomic E-state index is 13.4. The Morgan fingerprint density at radius 2 is 1.21 bits per heavy atom. The minimum absolute atomic E-state index is 0.0612. The standard InChI is InChI=1S/C14H20F8O2/c1-11(15,16)7-13(19,20)9-14(21,22)8-12(17,18)6-4-2-3-5-10(23)24/h2-9H2,1H3,(H,23,24). The molecule has 0 radical (unpaired) electrons. The minimum atomic E-state index is -4.50. The van der Waals surface area contributed by atoms with Crippen molar-refractivity contribution in [2.24, 2.45) is 0 Å². The number of rotatable bonds is 12. The maximum Gasteiger partial charge on any atom is 0.303 e. The first-order valence-electron chi connectivity index (χ1n) is 7.27. The average Bonchev–Trinajstić information content (AvgIpc) is 2.19. The lowest BCUT2D eigenvalue weighted by atomic mass is 9.96. The van der Waals surface area contributed by atoms with Crippen LogP contribution in [0.5, 0.6) is 0 Å². The monoisotopic (exact) mass is 372 g/mol. The van der Waals surface area contributed by atoms with E-state index in [1.165, 1.54) is 0 Å². The Kier molecular flexibility index (Phi) is 7.95. The van der Waals surface area contributed by atoms with Crippen molar-refractivity contribution in [3.05, 3.63) is 0 Å². The van der Waals surface area contributed by atoms with E-state index in [1.54, 1.807) is 0 Å². The van der Waals surface area contributed by atoms with Crippen LogP contribution in [-0.4, -0.2) is 34.8 Å².